The molecular formula is C29H21Cl2F3IN3O4. The van der Waals surface area contributed by atoms with Gasteiger partial charge in [-0.25, -0.2) is 4.98 Å². The van der Waals surface area contributed by atoms with Gasteiger partial charge in [0.15, 0.2) is 17.3 Å². The van der Waals surface area contributed by atoms with Gasteiger partial charge in [0.25, 0.3) is 11.8 Å². The van der Waals surface area contributed by atoms with E-state index in [1.54, 1.807) is 42.5 Å². The van der Waals surface area contributed by atoms with Gasteiger partial charge in [0.1, 0.15) is 0 Å². The van der Waals surface area contributed by atoms with E-state index in [-0.39, 0.29) is 23.7 Å². The second kappa shape index (κ2) is 11.1. The van der Waals surface area contributed by atoms with Gasteiger partial charge in [0.05, 0.1) is 32.6 Å². The largest absolute Gasteiger partial charge is 0.504 e. The van der Waals surface area contributed by atoms with Crippen LogP contribution in [0.15, 0.2) is 73.0 Å². The molecule has 0 unspecified atom stereocenters. The molecule has 2 aliphatic rings. The summed E-state index contributed by atoms with van der Waals surface area (Å²) in [5, 5.41) is 11.3. The van der Waals surface area contributed by atoms with Crippen molar-refractivity contribution >= 4 is 63.4 Å². The number of phenolic OH excluding ortho intramolecular Hbond substituents is 1. The van der Waals surface area contributed by atoms with Crippen LogP contribution in [0.1, 0.15) is 29.0 Å². The summed E-state index contributed by atoms with van der Waals surface area (Å²) < 4.78 is 45.4. The lowest BCUT2D eigenvalue weighted by Gasteiger charge is -2.43. The van der Waals surface area contributed by atoms with Crippen molar-refractivity contribution in [3.63, 3.8) is 0 Å². The van der Waals surface area contributed by atoms with Gasteiger partial charge >= 0.3 is 6.18 Å². The number of imide groups is 1. The van der Waals surface area contributed by atoms with Crippen molar-refractivity contribution in [2.75, 3.05) is 12.5 Å². The van der Waals surface area contributed by atoms with Crippen molar-refractivity contribution in [3.8, 4) is 11.5 Å². The molecule has 7 nitrogen and oxygen atoms in total. The van der Waals surface area contributed by atoms with Crippen molar-refractivity contribution < 1.29 is 32.6 Å². The van der Waals surface area contributed by atoms with Gasteiger partial charge in [-0.1, -0.05) is 54.1 Å². The summed E-state index contributed by atoms with van der Waals surface area (Å²) in [5.74, 6) is -3.27. The molecule has 1 fully saturated rings. The lowest BCUT2D eigenvalue weighted by atomic mass is 9.56. The minimum atomic E-state index is -4.69. The van der Waals surface area contributed by atoms with Gasteiger partial charge in [-0.3, -0.25) is 15.0 Å². The van der Waals surface area contributed by atoms with E-state index in [2.05, 4.69) is 17.0 Å². The number of fused-ring (bicyclic) bond motifs is 1. The molecule has 2 N–H and O–H groups in total. The molecule has 1 aliphatic heterocycles. The zero-order valence-electron chi connectivity index (χ0n) is 21.7. The van der Waals surface area contributed by atoms with Crippen LogP contribution in [0.2, 0.25) is 10.0 Å². The Balaban J connectivity index is 1.72. The second-order valence-electron chi connectivity index (χ2n) is 9.70. The first-order valence-corrected chi connectivity index (χ1v) is 14.2. The third-order valence-corrected chi connectivity index (χ3v) is 8.91. The minimum absolute atomic E-state index is 0.0842. The fraction of sp³-hybridized carbons (Fsp3) is 0.207. The van der Waals surface area contributed by atoms with Gasteiger partial charge in [0, 0.05) is 17.1 Å². The van der Waals surface area contributed by atoms with Crippen LogP contribution in [-0.2, 0) is 21.2 Å². The maximum atomic E-state index is 14.7. The number of pyridine rings is 1. The van der Waals surface area contributed by atoms with Crippen molar-refractivity contribution in [2.24, 2.45) is 5.92 Å². The molecule has 0 saturated carbocycles. The summed E-state index contributed by atoms with van der Waals surface area (Å²) >= 11 is 14.3. The lowest BCUT2D eigenvalue weighted by Crippen LogP contribution is -2.48. The number of anilines is 1. The van der Waals surface area contributed by atoms with Crippen LogP contribution >= 0.6 is 45.8 Å². The Morgan fingerprint density at radius 1 is 1.21 bits per heavy atom. The second-order valence-corrected chi connectivity index (χ2v) is 11.7. The average Bonchev–Trinajstić information content (AvgIpc) is 3.16. The van der Waals surface area contributed by atoms with Crippen LogP contribution in [0.25, 0.3) is 0 Å². The molecule has 2 heterocycles. The Kier molecular flexibility index (Phi) is 7.96. The number of alkyl halides is 3. The third kappa shape index (κ3) is 4.80. The third-order valence-electron chi connectivity index (χ3n) is 7.55. The predicted octanol–water partition coefficient (Wildman–Crippen LogP) is 7.28. The van der Waals surface area contributed by atoms with Crippen LogP contribution in [0.4, 0.5) is 19.0 Å². The number of carbonyl (C=O) groups is 2. The number of phenols is 1. The van der Waals surface area contributed by atoms with Crippen LogP contribution in [0, 0.1) is 9.49 Å². The number of hydrogen-bond acceptors (Lipinski definition) is 6. The molecule has 5 rings (SSSR count). The van der Waals surface area contributed by atoms with Crippen molar-refractivity contribution in [1.29, 1.82) is 0 Å². The highest BCUT2D eigenvalue weighted by molar-refractivity contribution is 14.1. The predicted molar refractivity (Wildman–Crippen MR) is 159 cm³/mol. The molecule has 2 aromatic carbocycles. The normalized spacial score (nSPS) is 22.1. The quantitative estimate of drug-likeness (QED) is 0.205. The first-order valence-electron chi connectivity index (χ1n) is 12.4. The Labute approximate surface area is 262 Å². The van der Waals surface area contributed by atoms with E-state index in [0.717, 1.165) is 5.01 Å². The zero-order chi connectivity index (χ0) is 30.6. The molecule has 2 amide bonds. The SMILES string of the molecule is C=CC1=CC[C@H]2C(=O)N(Nc3ncc(C(F)(F)F)cc3Cl)C(=O)[C@@]2(c2ccc(Cl)cc2)[C@H]1c1cc(I)c(O)c(OC)c1. The Morgan fingerprint density at radius 3 is 2.50 bits per heavy atom. The van der Waals surface area contributed by atoms with E-state index in [9.17, 15) is 27.9 Å². The number of aromatic nitrogens is 1. The molecule has 1 aromatic heterocycles. The highest BCUT2D eigenvalue weighted by Crippen LogP contribution is 2.58. The van der Waals surface area contributed by atoms with Gasteiger partial charge in [-0.2, -0.15) is 18.2 Å². The van der Waals surface area contributed by atoms with E-state index in [4.69, 9.17) is 27.9 Å². The lowest BCUT2D eigenvalue weighted by molar-refractivity contribution is -0.139. The first-order chi connectivity index (χ1) is 19.8. The van der Waals surface area contributed by atoms with E-state index in [0.29, 0.717) is 37.6 Å². The molecule has 42 heavy (non-hydrogen) atoms. The van der Waals surface area contributed by atoms with Gasteiger partial charge < -0.3 is 9.84 Å². The van der Waals surface area contributed by atoms with Gasteiger partial charge in [-0.05, 0) is 76.0 Å². The van der Waals surface area contributed by atoms with Crippen LogP contribution in [0.5, 0.6) is 11.5 Å². The number of carbonyl (C=O) groups excluding carboxylic acids is 2. The topological polar surface area (TPSA) is 91.8 Å². The zero-order valence-corrected chi connectivity index (χ0v) is 25.3. The molecule has 1 aliphatic carbocycles. The molecule has 1 saturated heterocycles. The molecule has 0 bridgehead atoms. The first kappa shape index (κ1) is 30.2. The Hall–Kier alpha value is -3.29. The molecule has 0 spiro atoms. The van der Waals surface area contributed by atoms with Crippen LogP contribution in [-0.4, -0.2) is 34.0 Å². The molecule has 3 aromatic rings. The smallest absolute Gasteiger partial charge is 0.417 e. The number of nitrogens with zero attached hydrogens (tertiary/aromatic N) is 2. The summed E-state index contributed by atoms with van der Waals surface area (Å²) in [4.78, 5) is 32.4. The monoisotopic (exact) mass is 729 g/mol. The average molecular weight is 730 g/mol. The number of aromatic hydroxyl groups is 1. The number of ether oxygens (including phenoxy) is 1. The number of allylic oxidation sites excluding steroid dienone is 3. The number of amides is 2. The molecule has 13 heteroatoms. The number of rotatable bonds is 6. The van der Waals surface area contributed by atoms with E-state index in [1.165, 1.54) is 7.11 Å². The number of benzene rings is 2. The minimum Gasteiger partial charge on any atom is -0.504 e. The van der Waals surface area contributed by atoms with E-state index in [1.807, 2.05) is 28.7 Å². The highest BCUT2D eigenvalue weighted by Gasteiger charge is 2.66. The van der Waals surface area contributed by atoms with Crippen molar-refractivity contribution in [1.82, 2.24) is 9.99 Å². The number of hydrazine groups is 1. The summed E-state index contributed by atoms with van der Waals surface area (Å²) in [6, 6.07) is 10.5. The Bertz CT molecular complexity index is 1650. The van der Waals surface area contributed by atoms with E-state index >= 15 is 0 Å². The summed E-state index contributed by atoms with van der Waals surface area (Å²) in [7, 11) is 1.40. The molecule has 3 atom stereocenters. The van der Waals surface area contributed by atoms with Gasteiger partial charge in [0.2, 0.25) is 0 Å². The summed E-state index contributed by atoms with van der Waals surface area (Å²) in [6.45, 7) is 3.95. The molecule has 218 valence electrons. The highest BCUT2D eigenvalue weighted by atomic mass is 127. The summed E-state index contributed by atoms with van der Waals surface area (Å²) in [5.41, 5.74) is 1.63. The molecular weight excluding hydrogens is 709 g/mol. The summed E-state index contributed by atoms with van der Waals surface area (Å²) in [6.07, 6.45) is -0.547. The molecule has 0 radical (unpaired) electrons. The number of hydrogen-bond donors (Lipinski definition) is 2. The fourth-order valence-electron chi connectivity index (χ4n) is 5.71. The van der Waals surface area contributed by atoms with Crippen molar-refractivity contribution in [3.05, 3.63) is 103 Å². The maximum absolute atomic E-state index is 14.7. The fourth-order valence-corrected chi connectivity index (χ4v) is 6.67. The van der Waals surface area contributed by atoms with Crippen LogP contribution < -0.4 is 10.2 Å². The number of nitrogens with one attached hydrogen (secondary N) is 1. The van der Waals surface area contributed by atoms with Crippen molar-refractivity contribution in [2.45, 2.75) is 23.9 Å². The number of halogens is 6. The van der Waals surface area contributed by atoms with Gasteiger partial charge in [-0.15, -0.1) is 0 Å². The van der Waals surface area contributed by atoms with Crippen LogP contribution in [0.3, 0.4) is 0 Å². The Morgan fingerprint density at radius 2 is 1.90 bits per heavy atom. The standard InChI is InChI=1S/C29H21Cl2F3IN3O4/c1-3-14-4-9-19-26(40)38(37-25-20(31)12-17(13-36-25)29(32,33)34)27(41)28(19,16-5-7-18(30)8-6-16)23(14)15-10-21(35)24(39)22(11-15)42-2/h3-8,10-13,19,23,39H,1,9H2,2H3,(H,36,37)/t19-,23+,28+/m0/s1. The van der Waals surface area contributed by atoms with E-state index < -0.39 is 45.8 Å². The number of methoxy groups -OCH3 is 1. The maximum Gasteiger partial charge on any atom is 0.417 e.